The van der Waals surface area contributed by atoms with Crippen molar-refractivity contribution in [2.75, 3.05) is 7.11 Å². The molecule has 0 amide bonds. The maximum Gasteiger partial charge on any atom is 0.321 e. The Morgan fingerprint density at radius 2 is 2.06 bits per heavy atom. The van der Waals surface area contributed by atoms with Crippen molar-refractivity contribution in [2.24, 2.45) is 23.7 Å². The van der Waals surface area contributed by atoms with Crippen molar-refractivity contribution < 1.29 is 19.1 Å². The van der Waals surface area contributed by atoms with Crippen LogP contribution >= 0.6 is 0 Å². The summed E-state index contributed by atoms with van der Waals surface area (Å²) in [5, 5.41) is 0. The fraction of sp³-hybridized carbons (Fsp3) is 0.857. The van der Waals surface area contributed by atoms with Crippen LogP contribution in [0.2, 0.25) is 0 Å². The third kappa shape index (κ3) is 2.13. The zero-order valence-corrected chi connectivity index (χ0v) is 11.6. The lowest BCUT2D eigenvalue weighted by Gasteiger charge is -2.49. The second-order valence-corrected chi connectivity index (χ2v) is 6.21. The van der Waals surface area contributed by atoms with Crippen LogP contribution in [0.4, 0.5) is 0 Å². The standard InChI is InChI=1S/C14H22O4/c1-8-5-6-10-9(7-8)11(12(15)17-4)13(16)18-14(10,2)3/h8-11H,5-7H2,1-4H3. The average Bonchev–Trinajstić information content (AvgIpc) is 2.26. The Bertz CT molecular complexity index is 361. The summed E-state index contributed by atoms with van der Waals surface area (Å²) in [5.74, 6) is -0.703. The molecular weight excluding hydrogens is 232 g/mol. The summed E-state index contributed by atoms with van der Waals surface area (Å²) >= 11 is 0. The van der Waals surface area contributed by atoms with Gasteiger partial charge < -0.3 is 9.47 Å². The van der Waals surface area contributed by atoms with Gasteiger partial charge in [0.15, 0.2) is 5.92 Å². The van der Waals surface area contributed by atoms with Crippen molar-refractivity contribution in [1.29, 1.82) is 0 Å². The minimum atomic E-state index is -0.726. The zero-order valence-electron chi connectivity index (χ0n) is 11.6. The number of rotatable bonds is 1. The zero-order chi connectivity index (χ0) is 13.5. The molecular formula is C14H22O4. The number of hydrogen-bond donors (Lipinski definition) is 0. The van der Waals surface area contributed by atoms with E-state index in [0.717, 1.165) is 19.3 Å². The highest BCUT2D eigenvalue weighted by Gasteiger charge is 2.54. The van der Waals surface area contributed by atoms with Gasteiger partial charge in [0.2, 0.25) is 0 Å². The first kappa shape index (κ1) is 13.4. The summed E-state index contributed by atoms with van der Waals surface area (Å²) in [7, 11) is 1.33. The van der Waals surface area contributed by atoms with E-state index in [-0.39, 0.29) is 11.8 Å². The van der Waals surface area contributed by atoms with Crippen molar-refractivity contribution in [3.05, 3.63) is 0 Å². The van der Waals surface area contributed by atoms with Gasteiger partial charge in [-0.3, -0.25) is 9.59 Å². The Morgan fingerprint density at radius 1 is 1.39 bits per heavy atom. The Morgan fingerprint density at radius 3 is 2.67 bits per heavy atom. The Kier molecular flexibility index (Phi) is 3.39. The molecule has 0 aromatic heterocycles. The molecule has 2 rings (SSSR count). The topological polar surface area (TPSA) is 52.6 Å². The van der Waals surface area contributed by atoms with Crippen molar-refractivity contribution in [1.82, 2.24) is 0 Å². The van der Waals surface area contributed by atoms with Crippen LogP contribution in [0.1, 0.15) is 40.0 Å². The van der Waals surface area contributed by atoms with Crippen LogP contribution < -0.4 is 0 Å². The van der Waals surface area contributed by atoms with Crippen molar-refractivity contribution in [3.63, 3.8) is 0 Å². The molecule has 4 nitrogen and oxygen atoms in total. The molecule has 2 fully saturated rings. The minimum absolute atomic E-state index is 0.0671. The predicted octanol–water partition coefficient (Wildman–Crippen LogP) is 2.16. The molecule has 1 heterocycles. The van der Waals surface area contributed by atoms with Crippen LogP contribution in [0.25, 0.3) is 0 Å². The second kappa shape index (κ2) is 4.56. The van der Waals surface area contributed by atoms with E-state index in [2.05, 4.69) is 6.92 Å². The molecule has 0 radical (unpaired) electrons. The van der Waals surface area contributed by atoms with Crippen LogP contribution in [-0.4, -0.2) is 24.6 Å². The largest absolute Gasteiger partial charge is 0.468 e. The molecule has 1 aliphatic heterocycles. The molecule has 1 aliphatic carbocycles. The van der Waals surface area contributed by atoms with Gasteiger partial charge in [0.05, 0.1) is 7.11 Å². The molecule has 1 saturated carbocycles. The van der Waals surface area contributed by atoms with Crippen LogP contribution in [0, 0.1) is 23.7 Å². The van der Waals surface area contributed by atoms with Crippen LogP contribution in [-0.2, 0) is 19.1 Å². The summed E-state index contributed by atoms with van der Waals surface area (Å²) in [6.07, 6.45) is 3.05. The van der Waals surface area contributed by atoms with Gasteiger partial charge in [-0.05, 0) is 38.5 Å². The highest BCUT2D eigenvalue weighted by atomic mass is 16.6. The molecule has 2 aliphatic rings. The molecule has 1 saturated heterocycles. The number of hydrogen-bond acceptors (Lipinski definition) is 4. The molecule has 102 valence electrons. The Hall–Kier alpha value is -1.06. The lowest BCUT2D eigenvalue weighted by Crippen LogP contribution is -2.55. The predicted molar refractivity (Wildman–Crippen MR) is 65.7 cm³/mol. The third-order valence-electron chi connectivity index (χ3n) is 4.56. The van der Waals surface area contributed by atoms with E-state index >= 15 is 0 Å². The number of fused-ring (bicyclic) bond motifs is 1. The van der Waals surface area contributed by atoms with Gasteiger partial charge in [-0.2, -0.15) is 0 Å². The molecule has 0 N–H and O–H groups in total. The summed E-state index contributed by atoms with van der Waals surface area (Å²) in [6, 6.07) is 0. The first-order chi connectivity index (χ1) is 8.36. The first-order valence-corrected chi connectivity index (χ1v) is 6.67. The van der Waals surface area contributed by atoms with E-state index in [1.54, 1.807) is 0 Å². The van der Waals surface area contributed by atoms with Gasteiger partial charge in [-0.25, -0.2) is 0 Å². The van der Waals surface area contributed by atoms with Crippen molar-refractivity contribution >= 4 is 11.9 Å². The maximum absolute atomic E-state index is 12.0. The normalized spacial score (nSPS) is 38.6. The molecule has 0 bridgehead atoms. The van der Waals surface area contributed by atoms with Crippen molar-refractivity contribution in [2.45, 2.75) is 45.6 Å². The van der Waals surface area contributed by atoms with E-state index < -0.39 is 23.5 Å². The molecule has 4 heteroatoms. The summed E-state index contributed by atoms with van der Waals surface area (Å²) in [5.41, 5.74) is -0.466. The Balaban J connectivity index is 2.31. The van der Waals surface area contributed by atoms with Gasteiger partial charge >= 0.3 is 11.9 Å². The monoisotopic (exact) mass is 254 g/mol. The van der Waals surface area contributed by atoms with Crippen LogP contribution in [0.3, 0.4) is 0 Å². The second-order valence-electron chi connectivity index (χ2n) is 6.21. The van der Waals surface area contributed by atoms with E-state index in [1.165, 1.54) is 7.11 Å². The first-order valence-electron chi connectivity index (χ1n) is 6.67. The number of ether oxygens (including phenoxy) is 2. The van der Waals surface area contributed by atoms with E-state index in [9.17, 15) is 9.59 Å². The lowest BCUT2D eigenvalue weighted by molar-refractivity contribution is -0.199. The SMILES string of the molecule is COC(=O)C1C(=O)OC(C)(C)C2CCC(C)CC12. The number of cyclic esters (lactones) is 1. The molecule has 18 heavy (non-hydrogen) atoms. The lowest BCUT2D eigenvalue weighted by atomic mass is 9.62. The highest BCUT2D eigenvalue weighted by Crippen LogP contribution is 2.48. The van der Waals surface area contributed by atoms with Gasteiger partial charge in [0.1, 0.15) is 5.60 Å². The third-order valence-corrected chi connectivity index (χ3v) is 4.56. The molecule has 0 spiro atoms. The molecule has 4 atom stereocenters. The number of methoxy groups -OCH3 is 1. The van der Waals surface area contributed by atoms with E-state index in [0.29, 0.717) is 5.92 Å². The van der Waals surface area contributed by atoms with Crippen LogP contribution in [0.5, 0.6) is 0 Å². The molecule has 0 aromatic rings. The Labute approximate surface area is 108 Å². The van der Waals surface area contributed by atoms with Gasteiger partial charge in [0, 0.05) is 5.92 Å². The fourth-order valence-electron chi connectivity index (χ4n) is 3.63. The highest BCUT2D eigenvalue weighted by molar-refractivity contribution is 5.96. The van der Waals surface area contributed by atoms with Gasteiger partial charge in [0.25, 0.3) is 0 Å². The average molecular weight is 254 g/mol. The summed E-state index contributed by atoms with van der Waals surface area (Å²) < 4.78 is 10.2. The molecule has 4 unspecified atom stereocenters. The summed E-state index contributed by atoms with van der Waals surface area (Å²) in [4.78, 5) is 23.9. The number of esters is 2. The fourth-order valence-corrected chi connectivity index (χ4v) is 3.63. The van der Waals surface area contributed by atoms with E-state index in [1.807, 2.05) is 13.8 Å². The number of carbonyl (C=O) groups is 2. The smallest absolute Gasteiger partial charge is 0.321 e. The van der Waals surface area contributed by atoms with Crippen molar-refractivity contribution in [3.8, 4) is 0 Å². The summed E-state index contributed by atoms with van der Waals surface area (Å²) in [6.45, 7) is 6.08. The van der Waals surface area contributed by atoms with Gasteiger partial charge in [-0.15, -0.1) is 0 Å². The maximum atomic E-state index is 12.0. The van der Waals surface area contributed by atoms with Crippen LogP contribution in [0.15, 0.2) is 0 Å². The number of carbonyl (C=O) groups excluding carboxylic acids is 2. The van der Waals surface area contributed by atoms with E-state index in [4.69, 9.17) is 9.47 Å². The molecule has 0 aromatic carbocycles. The quantitative estimate of drug-likeness (QED) is 0.531. The van der Waals surface area contributed by atoms with Gasteiger partial charge in [-0.1, -0.05) is 13.3 Å². The minimum Gasteiger partial charge on any atom is -0.468 e.